The first-order chi connectivity index (χ1) is 11.2. The lowest BCUT2D eigenvalue weighted by Crippen LogP contribution is -2.74. The molecule has 1 N–H and O–H groups in total. The molecule has 6 amide bonds. The molecule has 8 nitrogen and oxygen atoms in total. The van der Waals surface area contributed by atoms with Gasteiger partial charge in [0.1, 0.15) is 0 Å². The Morgan fingerprint density at radius 2 is 1.46 bits per heavy atom. The first-order valence-corrected chi connectivity index (χ1v) is 7.38. The minimum Gasteiger partial charge on any atom is -0.275 e. The Bertz CT molecular complexity index is 781. The molecule has 0 aromatic heterocycles. The topological polar surface area (TPSA) is 104 Å². The van der Waals surface area contributed by atoms with Crippen molar-refractivity contribution in [1.82, 2.24) is 15.1 Å². The van der Waals surface area contributed by atoms with E-state index in [2.05, 4.69) is 5.32 Å². The van der Waals surface area contributed by atoms with Crippen LogP contribution in [0.25, 0.3) is 0 Å². The Morgan fingerprint density at radius 3 is 1.92 bits per heavy atom. The highest BCUT2D eigenvalue weighted by atomic mass is 16.2. The highest BCUT2D eigenvalue weighted by Crippen LogP contribution is 2.33. The molecule has 1 saturated heterocycles. The number of nitrogens with zero attached hydrogens (tertiary/aromatic N) is 2. The quantitative estimate of drug-likeness (QED) is 0.629. The van der Waals surface area contributed by atoms with E-state index in [1.165, 1.54) is 19.1 Å². The summed E-state index contributed by atoms with van der Waals surface area (Å²) in [7, 11) is 0. The fraction of sp³-hybridized carbons (Fsp3) is 0.312. The molecule has 0 saturated carbocycles. The number of hydrogen-bond acceptors (Lipinski definition) is 5. The number of amides is 6. The minimum absolute atomic E-state index is 0.123. The van der Waals surface area contributed by atoms with E-state index in [9.17, 15) is 24.0 Å². The number of carbonyl (C=O) groups excluding carboxylic acids is 5. The van der Waals surface area contributed by atoms with Crippen LogP contribution in [0, 0.1) is 0 Å². The standard InChI is InChI=1S/C16H15N3O5/c1-8(2)18-14(23)16(3,13(22)17-15(18)24)19-11(20)9-6-4-5-7-10(9)12(19)21/h4-8H,1-3H3,(H,17,22,24). The van der Waals surface area contributed by atoms with Gasteiger partial charge >= 0.3 is 6.03 Å². The van der Waals surface area contributed by atoms with Crippen molar-refractivity contribution in [3.05, 3.63) is 35.4 Å². The third-order valence-electron chi connectivity index (χ3n) is 4.27. The molecule has 0 aliphatic carbocycles. The predicted octanol–water partition coefficient (Wildman–Crippen LogP) is 0.528. The van der Waals surface area contributed by atoms with Gasteiger partial charge in [-0.15, -0.1) is 0 Å². The number of imide groups is 3. The van der Waals surface area contributed by atoms with Crippen molar-refractivity contribution in [2.45, 2.75) is 32.4 Å². The van der Waals surface area contributed by atoms with Crippen LogP contribution in [0.5, 0.6) is 0 Å². The molecule has 2 aliphatic rings. The Kier molecular flexibility index (Phi) is 3.29. The van der Waals surface area contributed by atoms with E-state index in [-0.39, 0.29) is 11.1 Å². The summed E-state index contributed by atoms with van der Waals surface area (Å²) in [6, 6.07) is 4.67. The molecule has 24 heavy (non-hydrogen) atoms. The summed E-state index contributed by atoms with van der Waals surface area (Å²) < 4.78 is 0. The molecular weight excluding hydrogens is 314 g/mol. The van der Waals surface area contributed by atoms with Gasteiger partial charge in [-0.25, -0.2) is 9.69 Å². The largest absolute Gasteiger partial charge is 0.331 e. The van der Waals surface area contributed by atoms with Gasteiger partial charge in [0.25, 0.3) is 23.6 Å². The molecule has 0 bridgehead atoms. The van der Waals surface area contributed by atoms with Crippen LogP contribution in [0.1, 0.15) is 41.5 Å². The molecule has 1 aromatic rings. The maximum atomic E-state index is 12.8. The number of carbonyl (C=O) groups is 5. The maximum Gasteiger partial charge on any atom is 0.331 e. The normalized spacial score (nSPS) is 23.9. The van der Waals surface area contributed by atoms with Gasteiger partial charge in [-0.2, -0.15) is 0 Å². The fourth-order valence-electron chi connectivity index (χ4n) is 2.96. The van der Waals surface area contributed by atoms with Crippen molar-refractivity contribution in [2.75, 3.05) is 0 Å². The lowest BCUT2D eigenvalue weighted by molar-refractivity contribution is -0.150. The second-order valence-corrected chi connectivity index (χ2v) is 6.09. The van der Waals surface area contributed by atoms with Crippen molar-refractivity contribution < 1.29 is 24.0 Å². The third-order valence-corrected chi connectivity index (χ3v) is 4.27. The molecule has 2 aliphatic heterocycles. The van der Waals surface area contributed by atoms with E-state index >= 15 is 0 Å². The zero-order valence-corrected chi connectivity index (χ0v) is 13.3. The van der Waals surface area contributed by atoms with Gasteiger partial charge in [0, 0.05) is 6.04 Å². The van der Waals surface area contributed by atoms with Gasteiger partial charge < -0.3 is 0 Å². The van der Waals surface area contributed by atoms with Crippen LogP contribution in [0.3, 0.4) is 0 Å². The SMILES string of the molecule is CC(C)N1C(=O)NC(=O)C(C)(N2C(=O)c3ccccc3C2=O)C1=O. The molecule has 124 valence electrons. The summed E-state index contributed by atoms with van der Waals surface area (Å²) >= 11 is 0. The van der Waals surface area contributed by atoms with Crippen LogP contribution in [0.2, 0.25) is 0 Å². The van der Waals surface area contributed by atoms with E-state index in [0.717, 1.165) is 4.90 Å². The number of fused-ring (bicyclic) bond motifs is 1. The molecular formula is C16H15N3O5. The van der Waals surface area contributed by atoms with E-state index in [4.69, 9.17) is 0 Å². The van der Waals surface area contributed by atoms with Gasteiger partial charge in [0.05, 0.1) is 11.1 Å². The molecule has 1 fully saturated rings. The summed E-state index contributed by atoms with van der Waals surface area (Å²) in [5.41, 5.74) is -1.87. The highest BCUT2D eigenvalue weighted by molar-refractivity contribution is 6.30. The number of barbiturate groups is 1. The van der Waals surface area contributed by atoms with Crippen LogP contribution in [-0.2, 0) is 9.59 Å². The van der Waals surface area contributed by atoms with Crippen LogP contribution >= 0.6 is 0 Å². The Labute approximate surface area is 137 Å². The van der Waals surface area contributed by atoms with E-state index < -0.39 is 41.2 Å². The second kappa shape index (κ2) is 4.98. The summed E-state index contributed by atoms with van der Waals surface area (Å²) in [5.74, 6) is -3.37. The Morgan fingerprint density at radius 1 is 0.958 bits per heavy atom. The van der Waals surface area contributed by atoms with Gasteiger partial charge in [-0.05, 0) is 32.9 Å². The predicted molar refractivity (Wildman–Crippen MR) is 80.9 cm³/mol. The van der Waals surface area contributed by atoms with E-state index in [1.54, 1.807) is 26.0 Å². The number of rotatable bonds is 2. The number of nitrogens with one attached hydrogen (secondary N) is 1. The molecule has 1 atom stereocenters. The number of benzene rings is 1. The third kappa shape index (κ3) is 1.82. The van der Waals surface area contributed by atoms with Gasteiger partial charge in [-0.1, -0.05) is 12.1 Å². The maximum absolute atomic E-state index is 12.8. The van der Waals surface area contributed by atoms with Gasteiger partial charge in [-0.3, -0.25) is 29.4 Å². The Balaban J connectivity index is 2.12. The first-order valence-electron chi connectivity index (χ1n) is 7.38. The molecule has 0 spiro atoms. The molecule has 1 aromatic carbocycles. The minimum atomic E-state index is -2.12. The van der Waals surface area contributed by atoms with Crippen LogP contribution < -0.4 is 5.32 Å². The summed E-state index contributed by atoms with van der Waals surface area (Å²) in [4.78, 5) is 63.9. The zero-order chi connectivity index (χ0) is 17.8. The lowest BCUT2D eigenvalue weighted by atomic mass is 9.93. The van der Waals surface area contributed by atoms with Gasteiger partial charge in [0.15, 0.2) is 0 Å². The zero-order valence-electron chi connectivity index (χ0n) is 13.3. The first kappa shape index (κ1) is 15.9. The van der Waals surface area contributed by atoms with Crippen molar-refractivity contribution >= 4 is 29.7 Å². The summed E-state index contributed by atoms with van der Waals surface area (Å²) in [5, 5.41) is 2.06. The highest BCUT2D eigenvalue weighted by Gasteiger charge is 2.60. The average molecular weight is 329 g/mol. The summed E-state index contributed by atoms with van der Waals surface area (Å²) in [6.07, 6.45) is 0. The Hall–Kier alpha value is -3.03. The number of hydrogen-bond donors (Lipinski definition) is 1. The van der Waals surface area contributed by atoms with Crippen molar-refractivity contribution in [3.63, 3.8) is 0 Å². The molecule has 1 unspecified atom stereocenters. The smallest absolute Gasteiger partial charge is 0.275 e. The lowest BCUT2D eigenvalue weighted by Gasteiger charge is -2.42. The molecule has 8 heteroatoms. The van der Waals surface area contributed by atoms with E-state index in [1.807, 2.05) is 0 Å². The van der Waals surface area contributed by atoms with Gasteiger partial charge in [0.2, 0.25) is 5.54 Å². The van der Waals surface area contributed by atoms with Crippen LogP contribution in [0.4, 0.5) is 4.79 Å². The monoisotopic (exact) mass is 329 g/mol. The molecule has 3 rings (SSSR count). The van der Waals surface area contributed by atoms with E-state index in [0.29, 0.717) is 4.90 Å². The van der Waals surface area contributed by atoms with Crippen LogP contribution in [0.15, 0.2) is 24.3 Å². The second-order valence-electron chi connectivity index (χ2n) is 6.09. The number of urea groups is 1. The fourth-order valence-corrected chi connectivity index (χ4v) is 2.96. The molecule has 2 heterocycles. The average Bonchev–Trinajstić information content (AvgIpc) is 2.77. The van der Waals surface area contributed by atoms with Crippen molar-refractivity contribution in [1.29, 1.82) is 0 Å². The van der Waals surface area contributed by atoms with Crippen LogP contribution in [-0.4, -0.2) is 51.0 Å². The summed E-state index contributed by atoms with van der Waals surface area (Å²) in [6.45, 7) is 4.36. The van der Waals surface area contributed by atoms with Crippen molar-refractivity contribution in [3.8, 4) is 0 Å². The molecule has 0 radical (unpaired) electrons. The van der Waals surface area contributed by atoms with Crippen molar-refractivity contribution in [2.24, 2.45) is 0 Å².